The highest BCUT2D eigenvalue weighted by atomic mass is 32.1. The van der Waals surface area contributed by atoms with E-state index in [0.29, 0.717) is 6.54 Å². The first-order valence-corrected chi connectivity index (χ1v) is 7.86. The van der Waals surface area contributed by atoms with Gasteiger partial charge in [0.25, 0.3) is 0 Å². The monoisotopic (exact) mass is 304 g/mol. The number of nitrogens with one attached hydrogen (secondary N) is 1. The van der Waals surface area contributed by atoms with Crippen LogP contribution in [0.5, 0.6) is 0 Å². The molecule has 0 radical (unpaired) electrons. The molecular weight excluding hydrogens is 292 g/mol. The largest absolute Gasteiger partial charge is 0.458 e. The summed E-state index contributed by atoms with van der Waals surface area (Å²) < 4.78 is 5.68. The van der Waals surface area contributed by atoms with Crippen LogP contribution in [0.25, 0.3) is 22.0 Å². The SMILES string of the molecule is CC(=O)NCc1ccc(-c2csc(-c3ccsc3)n2)o1. The topological polar surface area (TPSA) is 55.1 Å². The fraction of sp³-hybridized carbons (Fsp3) is 0.143. The van der Waals surface area contributed by atoms with E-state index in [2.05, 4.69) is 21.7 Å². The maximum Gasteiger partial charge on any atom is 0.217 e. The van der Waals surface area contributed by atoms with Crippen molar-refractivity contribution in [3.05, 3.63) is 40.1 Å². The number of carbonyl (C=O) groups is 1. The highest BCUT2D eigenvalue weighted by Gasteiger charge is 2.10. The van der Waals surface area contributed by atoms with Crippen molar-refractivity contribution in [2.45, 2.75) is 13.5 Å². The number of carbonyl (C=O) groups excluding carboxylic acids is 1. The van der Waals surface area contributed by atoms with E-state index in [9.17, 15) is 4.79 Å². The minimum atomic E-state index is -0.0728. The lowest BCUT2D eigenvalue weighted by molar-refractivity contribution is -0.119. The van der Waals surface area contributed by atoms with E-state index in [1.54, 1.807) is 22.7 Å². The quantitative estimate of drug-likeness (QED) is 0.798. The van der Waals surface area contributed by atoms with Crippen molar-refractivity contribution in [3.8, 4) is 22.0 Å². The molecule has 6 heteroatoms. The fourth-order valence-electron chi connectivity index (χ4n) is 1.73. The Labute approximate surface area is 124 Å². The number of aromatic nitrogens is 1. The molecule has 1 N–H and O–H groups in total. The number of furan rings is 1. The van der Waals surface area contributed by atoms with E-state index in [1.165, 1.54) is 6.92 Å². The molecule has 0 aliphatic heterocycles. The van der Waals surface area contributed by atoms with Crippen LogP contribution >= 0.6 is 22.7 Å². The molecule has 3 heterocycles. The summed E-state index contributed by atoms with van der Waals surface area (Å²) >= 11 is 3.25. The molecule has 3 rings (SSSR count). The summed E-state index contributed by atoms with van der Waals surface area (Å²) in [6, 6.07) is 5.79. The molecule has 0 aliphatic carbocycles. The predicted molar refractivity (Wildman–Crippen MR) is 80.6 cm³/mol. The maximum atomic E-state index is 10.9. The normalized spacial score (nSPS) is 10.7. The molecule has 4 nitrogen and oxygen atoms in total. The number of amides is 1. The van der Waals surface area contributed by atoms with Crippen LogP contribution in [-0.4, -0.2) is 10.9 Å². The number of thiophene rings is 1. The summed E-state index contributed by atoms with van der Waals surface area (Å²) in [5, 5.41) is 9.79. The van der Waals surface area contributed by atoms with Gasteiger partial charge in [-0.3, -0.25) is 4.79 Å². The minimum absolute atomic E-state index is 0.0728. The van der Waals surface area contributed by atoms with Gasteiger partial charge in [-0.05, 0) is 23.6 Å². The average Bonchev–Trinajstić information content (AvgIpc) is 3.15. The minimum Gasteiger partial charge on any atom is -0.458 e. The van der Waals surface area contributed by atoms with Gasteiger partial charge in [0.1, 0.15) is 16.5 Å². The molecule has 1 amide bonds. The Hall–Kier alpha value is -1.92. The van der Waals surface area contributed by atoms with Crippen molar-refractivity contribution in [2.75, 3.05) is 0 Å². The maximum absolute atomic E-state index is 10.9. The van der Waals surface area contributed by atoms with Crippen LogP contribution in [0, 0.1) is 0 Å². The second-order valence-electron chi connectivity index (χ2n) is 4.23. The van der Waals surface area contributed by atoms with Crippen LogP contribution in [0.3, 0.4) is 0 Å². The van der Waals surface area contributed by atoms with Gasteiger partial charge in [0.2, 0.25) is 5.91 Å². The van der Waals surface area contributed by atoms with Crippen molar-refractivity contribution in [2.24, 2.45) is 0 Å². The van der Waals surface area contributed by atoms with Gasteiger partial charge < -0.3 is 9.73 Å². The van der Waals surface area contributed by atoms with Crippen LogP contribution in [0.2, 0.25) is 0 Å². The van der Waals surface area contributed by atoms with Crippen LogP contribution in [-0.2, 0) is 11.3 Å². The molecular formula is C14H12N2O2S2. The van der Waals surface area contributed by atoms with Gasteiger partial charge in [-0.2, -0.15) is 11.3 Å². The van der Waals surface area contributed by atoms with Gasteiger partial charge in [-0.15, -0.1) is 11.3 Å². The molecule has 0 saturated carbocycles. The Morgan fingerprint density at radius 2 is 2.25 bits per heavy atom. The molecule has 0 unspecified atom stereocenters. The molecule has 0 bridgehead atoms. The summed E-state index contributed by atoms with van der Waals surface area (Å²) in [6.07, 6.45) is 0. The Kier molecular flexibility index (Phi) is 3.66. The lowest BCUT2D eigenvalue weighted by Gasteiger charge is -1.97. The fourth-order valence-corrected chi connectivity index (χ4v) is 3.25. The Balaban J connectivity index is 1.78. The molecule has 3 aromatic heterocycles. The van der Waals surface area contributed by atoms with Gasteiger partial charge in [0, 0.05) is 23.2 Å². The van der Waals surface area contributed by atoms with Crippen molar-refractivity contribution in [1.29, 1.82) is 0 Å². The molecule has 0 aromatic carbocycles. The lowest BCUT2D eigenvalue weighted by atomic mass is 10.3. The average molecular weight is 304 g/mol. The van der Waals surface area contributed by atoms with Gasteiger partial charge in [-0.1, -0.05) is 0 Å². The highest BCUT2D eigenvalue weighted by molar-refractivity contribution is 7.14. The third-order valence-electron chi connectivity index (χ3n) is 2.70. The summed E-state index contributed by atoms with van der Waals surface area (Å²) in [5.41, 5.74) is 1.96. The van der Waals surface area contributed by atoms with Gasteiger partial charge in [0.05, 0.1) is 6.54 Å². The van der Waals surface area contributed by atoms with Crippen LogP contribution in [0.15, 0.2) is 38.8 Å². The van der Waals surface area contributed by atoms with Crippen LogP contribution in [0.4, 0.5) is 0 Å². The zero-order chi connectivity index (χ0) is 13.9. The summed E-state index contributed by atoms with van der Waals surface area (Å²) in [5.74, 6) is 1.37. The Morgan fingerprint density at radius 3 is 3.00 bits per heavy atom. The number of rotatable bonds is 4. The third kappa shape index (κ3) is 2.81. The molecule has 0 atom stereocenters. The van der Waals surface area contributed by atoms with Crippen molar-refractivity contribution in [3.63, 3.8) is 0 Å². The van der Waals surface area contributed by atoms with Gasteiger partial charge in [0.15, 0.2) is 5.76 Å². The Bertz CT molecular complexity index is 713. The lowest BCUT2D eigenvalue weighted by Crippen LogP contribution is -2.18. The molecule has 0 saturated heterocycles. The number of thiazole rings is 1. The number of nitrogens with zero attached hydrogens (tertiary/aromatic N) is 1. The van der Waals surface area contributed by atoms with Crippen molar-refractivity contribution < 1.29 is 9.21 Å². The third-order valence-corrected chi connectivity index (χ3v) is 4.27. The van der Waals surface area contributed by atoms with Crippen molar-refractivity contribution >= 4 is 28.6 Å². The number of hydrogen-bond acceptors (Lipinski definition) is 5. The molecule has 20 heavy (non-hydrogen) atoms. The highest BCUT2D eigenvalue weighted by Crippen LogP contribution is 2.30. The first-order chi connectivity index (χ1) is 9.72. The van der Waals surface area contributed by atoms with E-state index >= 15 is 0 Å². The summed E-state index contributed by atoms with van der Waals surface area (Å²) in [7, 11) is 0. The second-order valence-corrected chi connectivity index (χ2v) is 5.86. The first-order valence-electron chi connectivity index (χ1n) is 6.04. The van der Waals surface area contributed by atoms with E-state index in [1.807, 2.05) is 22.9 Å². The Morgan fingerprint density at radius 1 is 1.35 bits per heavy atom. The van der Waals surface area contributed by atoms with E-state index in [0.717, 1.165) is 27.8 Å². The van der Waals surface area contributed by atoms with E-state index in [4.69, 9.17) is 4.42 Å². The summed E-state index contributed by atoms with van der Waals surface area (Å²) in [4.78, 5) is 15.4. The summed E-state index contributed by atoms with van der Waals surface area (Å²) in [6.45, 7) is 1.88. The molecule has 102 valence electrons. The smallest absolute Gasteiger partial charge is 0.217 e. The molecule has 3 aromatic rings. The number of hydrogen-bond donors (Lipinski definition) is 1. The van der Waals surface area contributed by atoms with Crippen LogP contribution in [0.1, 0.15) is 12.7 Å². The van der Waals surface area contributed by atoms with E-state index < -0.39 is 0 Å². The zero-order valence-corrected chi connectivity index (χ0v) is 12.4. The first kappa shape index (κ1) is 13.1. The standard InChI is InChI=1S/C14H12N2O2S2/c1-9(17)15-6-11-2-3-13(18-11)12-8-20-14(16-12)10-4-5-19-7-10/h2-5,7-8H,6H2,1H3,(H,15,17). The van der Waals surface area contributed by atoms with Crippen LogP contribution < -0.4 is 5.32 Å². The predicted octanol–water partition coefficient (Wildman–Crippen LogP) is 3.77. The molecule has 0 fully saturated rings. The van der Waals surface area contributed by atoms with Crippen molar-refractivity contribution in [1.82, 2.24) is 10.3 Å². The van der Waals surface area contributed by atoms with E-state index in [-0.39, 0.29) is 5.91 Å². The van der Waals surface area contributed by atoms with Gasteiger partial charge >= 0.3 is 0 Å². The molecule has 0 aliphatic rings. The second kappa shape index (κ2) is 5.60. The molecule has 0 spiro atoms. The van der Waals surface area contributed by atoms with Gasteiger partial charge in [-0.25, -0.2) is 4.98 Å². The zero-order valence-electron chi connectivity index (χ0n) is 10.8.